The summed E-state index contributed by atoms with van der Waals surface area (Å²) < 4.78 is 0. The lowest BCUT2D eigenvalue weighted by Crippen LogP contribution is -2.19. The summed E-state index contributed by atoms with van der Waals surface area (Å²) in [6.07, 6.45) is 5.29. The maximum absolute atomic E-state index is 11.4. The standard InChI is InChI=1S/C11H10O3/c1-3-5-8-7(4-2)9(12)6-10(13)11(8)14/h3-6,13H,1H2,2H3/b7-4+,8-5+. The topological polar surface area (TPSA) is 54.4 Å². The van der Waals surface area contributed by atoms with Crippen LogP contribution in [0.3, 0.4) is 0 Å². The van der Waals surface area contributed by atoms with Crippen LogP contribution in [0.1, 0.15) is 6.92 Å². The summed E-state index contributed by atoms with van der Waals surface area (Å²) >= 11 is 0. The zero-order chi connectivity index (χ0) is 10.7. The van der Waals surface area contributed by atoms with Gasteiger partial charge in [0.2, 0.25) is 5.78 Å². The summed E-state index contributed by atoms with van der Waals surface area (Å²) in [6.45, 7) is 5.10. The highest BCUT2D eigenvalue weighted by Crippen LogP contribution is 2.21. The van der Waals surface area contributed by atoms with E-state index < -0.39 is 11.5 Å². The Hall–Kier alpha value is -1.90. The molecule has 0 unspecified atom stereocenters. The molecule has 0 aromatic carbocycles. The Kier molecular flexibility index (Phi) is 2.82. The number of ketones is 2. The second-order valence-corrected chi connectivity index (χ2v) is 2.74. The minimum Gasteiger partial charge on any atom is -0.504 e. The third-order valence-electron chi connectivity index (χ3n) is 1.87. The molecule has 1 N–H and O–H groups in total. The van der Waals surface area contributed by atoms with Gasteiger partial charge in [-0.05, 0) is 6.92 Å². The molecule has 0 aromatic heterocycles. The number of rotatable bonds is 1. The fourth-order valence-electron chi connectivity index (χ4n) is 1.24. The minimum absolute atomic E-state index is 0.188. The van der Waals surface area contributed by atoms with Crippen molar-refractivity contribution < 1.29 is 14.7 Å². The Balaban J connectivity index is 3.35. The molecule has 0 saturated heterocycles. The predicted molar refractivity (Wildman–Crippen MR) is 52.8 cm³/mol. The van der Waals surface area contributed by atoms with Crippen LogP contribution in [0.5, 0.6) is 0 Å². The maximum atomic E-state index is 11.4. The van der Waals surface area contributed by atoms with Gasteiger partial charge in [0.05, 0.1) is 0 Å². The molecule has 1 aliphatic rings. The fraction of sp³-hybridized carbons (Fsp3) is 0.0909. The first-order chi connectivity index (χ1) is 6.61. The number of aliphatic hydroxyl groups is 1. The largest absolute Gasteiger partial charge is 0.504 e. The van der Waals surface area contributed by atoms with Crippen LogP contribution >= 0.6 is 0 Å². The molecule has 0 spiro atoms. The number of carbonyl (C=O) groups is 2. The summed E-state index contributed by atoms with van der Waals surface area (Å²) in [5.74, 6) is -1.43. The van der Waals surface area contributed by atoms with E-state index in [1.807, 2.05) is 0 Å². The van der Waals surface area contributed by atoms with Crippen LogP contribution in [0.25, 0.3) is 0 Å². The second kappa shape index (κ2) is 3.87. The molecule has 0 atom stereocenters. The van der Waals surface area contributed by atoms with Gasteiger partial charge in [-0.25, -0.2) is 0 Å². The lowest BCUT2D eigenvalue weighted by Gasteiger charge is -2.12. The molecule has 14 heavy (non-hydrogen) atoms. The molecule has 1 aliphatic carbocycles. The molecule has 3 heteroatoms. The van der Waals surface area contributed by atoms with Crippen LogP contribution in [0, 0.1) is 0 Å². The third kappa shape index (κ3) is 1.57. The molecule has 1 rings (SSSR count). The van der Waals surface area contributed by atoms with Crippen LogP contribution in [0.15, 0.2) is 47.8 Å². The summed E-state index contributed by atoms with van der Waals surface area (Å²) in [7, 11) is 0. The molecule has 0 aliphatic heterocycles. The van der Waals surface area contributed by atoms with E-state index in [1.165, 1.54) is 12.2 Å². The van der Waals surface area contributed by atoms with Crippen LogP contribution in [-0.4, -0.2) is 16.7 Å². The van der Waals surface area contributed by atoms with Crippen molar-refractivity contribution in [1.82, 2.24) is 0 Å². The minimum atomic E-state index is -0.544. The molecular formula is C11H10O3. The highest BCUT2D eigenvalue weighted by atomic mass is 16.3. The van der Waals surface area contributed by atoms with Gasteiger partial charge in [0.15, 0.2) is 11.5 Å². The van der Waals surface area contributed by atoms with Gasteiger partial charge in [-0.2, -0.15) is 0 Å². The Labute approximate surface area is 81.7 Å². The van der Waals surface area contributed by atoms with E-state index in [1.54, 1.807) is 13.0 Å². The number of Topliss-reactive ketones (excluding diaryl/α,β-unsaturated/α-hetero) is 1. The normalized spacial score (nSPS) is 22.8. The van der Waals surface area contributed by atoms with Crippen molar-refractivity contribution in [3.8, 4) is 0 Å². The van der Waals surface area contributed by atoms with E-state index in [0.717, 1.165) is 6.08 Å². The molecule has 0 bridgehead atoms. The Bertz CT molecular complexity index is 395. The molecule has 0 saturated carbocycles. The molecule has 0 aromatic rings. The first-order valence-corrected chi connectivity index (χ1v) is 4.11. The molecule has 3 nitrogen and oxygen atoms in total. The van der Waals surface area contributed by atoms with Crippen LogP contribution < -0.4 is 0 Å². The van der Waals surface area contributed by atoms with E-state index in [-0.39, 0.29) is 11.4 Å². The van der Waals surface area contributed by atoms with E-state index in [2.05, 4.69) is 6.58 Å². The van der Waals surface area contributed by atoms with E-state index in [4.69, 9.17) is 5.11 Å². The first-order valence-electron chi connectivity index (χ1n) is 4.11. The van der Waals surface area contributed by atoms with E-state index in [9.17, 15) is 9.59 Å². The van der Waals surface area contributed by atoms with Crippen LogP contribution in [0.4, 0.5) is 0 Å². The van der Waals surface area contributed by atoms with Crippen molar-refractivity contribution in [3.63, 3.8) is 0 Å². The van der Waals surface area contributed by atoms with Gasteiger partial charge in [-0.1, -0.05) is 24.8 Å². The quantitative estimate of drug-likeness (QED) is 0.639. The monoisotopic (exact) mass is 190 g/mol. The van der Waals surface area contributed by atoms with Gasteiger partial charge in [-0.3, -0.25) is 9.59 Å². The van der Waals surface area contributed by atoms with Crippen LogP contribution in [0.2, 0.25) is 0 Å². The Morgan fingerprint density at radius 1 is 1.36 bits per heavy atom. The van der Waals surface area contributed by atoms with Crippen molar-refractivity contribution >= 4 is 11.6 Å². The van der Waals surface area contributed by atoms with Crippen LogP contribution in [-0.2, 0) is 9.59 Å². The van der Waals surface area contributed by atoms with E-state index in [0.29, 0.717) is 5.57 Å². The predicted octanol–water partition coefficient (Wildman–Crippen LogP) is 1.64. The summed E-state index contributed by atoms with van der Waals surface area (Å²) in [4.78, 5) is 22.7. The Morgan fingerprint density at radius 3 is 2.50 bits per heavy atom. The highest BCUT2D eigenvalue weighted by Gasteiger charge is 2.27. The van der Waals surface area contributed by atoms with Gasteiger partial charge >= 0.3 is 0 Å². The summed E-state index contributed by atoms with van der Waals surface area (Å²) in [6, 6.07) is 0. The summed E-state index contributed by atoms with van der Waals surface area (Å²) in [5.41, 5.74) is 0.486. The Morgan fingerprint density at radius 2 is 2.00 bits per heavy atom. The van der Waals surface area contributed by atoms with Gasteiger partial charge in [-0.15, -0.1) is 0 Å². The smallest absolute Gasteiger partial charge is 0.228 e. The lowest BCUT2D eigenvalue weighted by atomic mass is 9.91. The number of hydrogen-bond donors (Lipinski definition) is 1. The van der Waals surface area contributed by atoms with Gasteiger partial charge in [0.1, 0.15) is 0 Å². The van der Waals surface area contributed by atoms with Gasteiger partial charge < -0.3 is 5.11 Å². The van der Waals surface area contributed by atoms with Crippen molar-refractivity contribution in [2.45, 2.75) is 6.92 Å². The average molecular weight is 190 g/mol. The SMILES string of the molecule is C=C/C=C1/C(=O)C(O)=CC(=O)/C1=C/C. The molecule has 72 valence electrons. The summed E-state index contributed by atoms with van der Waals surface area (Å²) in [5, 5.41) is 9.15. The zero-order valence-corrected chi connectivity index (χ0v) is 7.78. The second-order valence-electron chi connectivity index (χ2n) is 2.74. The molecule has 0 radical (unpaired) electrons. The highest BCUT2D eigenvalue weighted by molar-refractivity contribution is 6.26. The number of allylic oxidation sites excluding steroid dienone is 6. The molecular weight excluding hydrogens is 180 g/mol. The van der Waals surface area contributed by atoms with Crippen molar-refractivity contribution in [2.24, 2.45) is 0 Å². The number of aliphatic hydroxyl groups excluding tert-OH is 1. The number of carbonyl (C=O) groups excluding carboxylic acids is 2. The maximum Gasteiger partial charge on any atom is 0.228 e. The average Bonchev–Trinajstić information content (AvgIpc) is 2.14. The van der Waals surface area contributed by atoms with Gasteiger partial charge in [0, 0.05) is 17.2 Å². The van der Waals surface area contributed by atoms with E-state index >= 15 is 0 Å². The van der Waals surface area contributed by atoms with Crippen molar-refractivity contribution in [2.75, 3.05) is 0 Å². The molecule has 0 heterocycles. The zero-order valence-electron chi connectivity index (χ0n) is 7.78. The fourth-order valence-corrected chi connectivity index (χ4v) is 1.24. The third-order valence-corrected chi connectivity index (χ3v) is 1.87. The van der Waals surface area contributed by atoms with Crippen molar-refractivity contribution in [1.29, 1.82) is 0 Å². The lowest BCUT2D eigenvalue weighted by molar-refractivity contribution is -0.117. The van der Waals surface area contributed by atoms with Crippen molar-refractivity contribution in [3.05, 3.63) is 47.8 Å². The first kappa shape index (κ1) is 10.2. The molecule has 0 fully saturated rings. The number of hydrogen-bond acceptors (Lipinski definition) is 3. The van der Waals surface area contributed by atoms with Gasteiger partial charge in [0.25, 0.3) is 0 Å². The molecule has 0 amide bonds.